The summed E-state index contributed by atoms with van der Waals surface area (Å²) in [5.41, 5.74) is 4.57. The monoisotopic (exact) mass is 391 g/mol. The highest BCUT2D eigenvalue weighted by molar-refractivity contribution is 6.30. The third-order valence-corrected chi connectivity index (χ3v) is 5.35. The summed E-state index contributed by atoms with van der Waals surface area (Å²) in [6.07, 6.45) is 5.42. The molecule has 1 amide bonds. The number of amides is 1. The highest BCUT2D eigenvalue weighted by Crippen LogP contribution is 2.29. The maximum absolute atomic E-state index is 13.1. The fourth-order valence-corrected chi connectivity index (χ4v) is 3.88. The predicted molar refractivity (Wildman–Crippen MR) is 105 cm³/mol. The number of hydrazine groups is 1. The molecule has 0 atom stereocenters. The molecule has 1 fully saturated rings. The molecule has 1 saturated carbocycles. The Bertz CT molecular complexity index is 744. The summed E-state index contributed by atoms with van der Waals surface area (Å²) in [5, 5.41) is 2.30. The van der Waals surface area contributed by atoms with E-state index in [4.69, 9.17) is 16.3 Å². The number of hydrogen-bond donors (Lipinski definition) is 1. The van der Waals surface area contributed by atoms with Crippen molar-refractivity contribution in [3.8, 4) is 0 Å². The van der Waals surface area contributed by atoms with Crippen molar-refractivity contribution in [2.24, 2.45) is 0 Å². The zero-order chi connectivity index (χ0) is 19.4. The first-order valence-corrected chi connectivity index (χ1v) is 9.86. The van der Waals surface area contributed by atoms with Crippen LogP contribution in [-0.4, -0.2) is 43.0 Å². The van der Waals surface area contributed by atoms with Crippen LogP contribution in [0, 0.1) is 0 Å². The third kappa shape index (κ3) is 4.38. The molecule has 0 bridgehead atoms. The van der Waals surface area contributed by atoms with Crippen molar-refractivity contribution in [3.63, 3.8) is 0 Å². The molecule has 0 radical (unpaired) electrons. The van der Waals surface area contributed by atoms with Crippen molar-refractivity contribution in [2.45, 2.75) is 45.1 Å². The number of anilines is 1. The minimum absolute atomic E-state index is 0.140. The molecular formula is C20H26ClN3O3. The standard InChI is InChI=1S/C20H26ClN3O3/c1-3-27-20(26)17-13-24(15-9-5-4-6-10-15)19(25)18(17)22-23(2)16-11-7-8-14(21)12-16/h7-8,11-12,15,22H,3-6,9-10,13H2,1-2H3. The predicted octanol–water partition coefficient (Wildman–Crippen LogP) is 3.27. The van der Waals surface area contributed by atoms with Crippen LogP contribution in [0.15, 0.2) is 35.5 Å². The van der Waals surface area contributed by atoms with Crippen LogP contribution in [0.25, 0.3) is 0 Å². The van der Waals surface area contributed by atoms with Gasteiger partial charge in [-0.05, 0) is 38.0 Å². The van der Waals surface area contributed by atoms with Crippen LogP contribution in [0.3, 0.4) is 0 Å². The first kappa shape index (κ1) is 19.5. The van der Waals surface area contributed by atoms with E-state index in [1.165, 1.54) is 6.42 Å². The molecule has 0 aromatic heterocycles. The van der Waals surface area contributed by atoms with E-state index in [-0.39, 0.29) is 18.6 Å². The molecule has 1 aromatic carbocycles. The first-order chi connectivity index (χ1) is 13.0. The van der Waals surface area contributed by atoms with Crippen molar-refractivity contribution in [1.29, 1.82) is 0 Å². The quantitative estimate of drug-likeness (QED) is 0.595. The van der Waals surface area contributed by atoms with Gasteiger partial charge in [-0.25, -0.2) is 4.79 Å². The molecule has 7 heteroatoms. The van der Waals surface area contributed by atoms with Gasteiger partial charge in [0, 0.05) is 18.1 Å². The number of rotatable bonds is 6. The summed E-state index contributed by atoms with van der Waals surface area (Å²) in [5.74, 6) is -0.579. The van der Waals surface area contributed by atoms with Crippen LogP contribution >= 0.6 is 11.6 Å². The number of hydrogen-bond acceptors (Lipinski definition) is 5. The first-order valence-electron chi connectivity index (χ1n) is 9.48. The molecule has 1 aliphatic heterocycles. The molecule has 27 heavy (non-hydrogen) atoms. The van der Waals surface area contributed by atoms with E-state index in [1.807, 2.05) is 17.0 Å². The maximum atomic E-state index is 13.1. The Morgan fingerprint density at radius 1 is 1.33 bits per heavy atom. The van der Waals surface area contributed by atoms with Gasteiger partial charge in [0.1, 0.15) is 5.70 Å². The van der Waals surface area contributed by atoms with Crippen molar-refractivity contribution in [3.05, 3.63) is 40.6 Å². The Labute approximate surface area is 165 Å². The van der Waals surface area contributed by atoms with Gasteiger partial charge in [-0.3, -0.25) is 15.2 Å². The number of ether oxygens (including phenoxy) is 1. The molecule has 0 spiro atoms. The summed E-state index contributed by atoms with van der Waals surface area (Å²) < 4.78 is 5.19. The molecular weight excluding hydrogens is 366 g/mol. The van der Waals surface area contributed by atoms with Crippen molar-refractivity contribution < 1.29 is 14.3 Å². The Balaban J connectivity index is 1.83. The largest absolute Gasteiger partial charge is 0.463 e. The van der Waals surface area contributed by atoms with E-state index >= 15 is 0 Å². The Morgan fingerprint density at radius 3 is 2.74 bits per heavy atom. The van der Waals surface area contributed by atoms with Gasteiger partial charge >= 0.3 is 5.97 Å². The lowest BCUT2D eigenvalue weighted by Crippen LogP contribution is -2.43. The molecule has 1 aliphatic carbocycles. The van der Waals surface area contributed by atoms with Crippen LogP contribution in [0.4, 0.5) is 5.69 Å². The second-order valence-corrected chi connectivity index (χ2v) is 7.39. The van der Waals surface area contributed by atoms with Gasteiger partial charge in [0.2, 0.25) is 0 Å². The zero-order valence-electron chi connectivity index (χ0n) is 15.8. The lowest BCUT2D eigenvalue weighted by Gasteiger charge is -2.31. The number of carbonyl (C=O) groups is 2. The lowest BCUT2D eigenvalue weighted by molar-refractivity contribution is -0.138. The van der Waals surface area contributed by atoms with Gasteiger partial charge < -0.3 is 9.64 Å². The van der Waals surface area contributed by atoms with Crippen LogP contribution in [0.5, 0.6) is 0 Å². The molecule has 146 valence electrons. The van der Waals surface area contributed by atoms with Gasteiger partial charge in [-0.15, -0.1) is 0 Å². The van der Waals surface area contributed by atoms with Gasteiger partial charge in [0.25, 0.3) is 5.91 Å². The van der Waals surface area contributed by atoms with E-state index in [0.29, 0.717) is 22.8 Å². The van der Waals surface area contributed by atoms with E-state index in [1.54, 1.807) is 31.1 Å². The average molecular weight is 392 g/mol. The van der Waals surface area contributed by atoms with E-state index in [9.17, 15) is 9.59 Å². The molecule has 2 aliphatic rings. The normalized spacial score (nSPS) is 18.0. The van der Waals surface area contributed by atoms with Crippen LogP contribution in [0.2, 0.25) is 5.02 Å². The molecule has 6 nitrogen and oxygen atoms in total. The van der Waals surface area contributed by atoms with Crippen LogP contribution in [-0.2, 0) is 14.3 Å². The van der Waals surface area contributed by atoms with Crippen molar-refractivity contribution in [1.82, 2.24) is 10.3 Å². The summed E-state index contributed by atoms with van der Waals surface area (Å²) >= 11 is 6.06. The number of halogens is 1. The fraction of sp³-hybridized carbons (Fsp3) is 0.500. The highest BCUT2D eigenvalue weighted by Gasteiger charge is 2.39. The summed E-state index contributed by atoms with van der Waals surface area (Å²) in [4.78, 5) is 27.4. The van der Waals surface area contributed by atoms with Gasteiger partial charge in [0.05, 0.1) is 24.4 Å². The van der Waals surface area contributed by atoms with Crippen LogP contribution in [0.1, 0.15) is 39.0 Å². The topological polar surface area (TPSA) is 61.9 Å². The molecule has 0 unspecified atom stereocenters. The Morgan fingerprint density at radius 2 is 2.07 bits per heavy atom. The van der Waals surface area contributed by atoms with E-state index in [2.05, 4.69) is 5.43 Å². The molecule has 0 saturated heterocycles. The zero-order valence-corrected chi connectivity index (χ0v) is 16.6. The smallest absolute Gasteiger partial charge is 0.338 e. The SMILES string of the molecule is CCOC(=O)C1=C(NN(C)c2cccc(Cl)c2)C(=O)N(C2CCCCC2)C1. The molecule has 1 aromatic rings. The Kier molecular flexibility index (Phi) is 6.26. The van der Waals surface area contributed by atoms with E-state index < -0.39 is 5.97 Å². The number of carbonyl (C=O) groups excluding carboxylic acids is 2. The minimum atomic E-state index is -0.439. The Hall–Kier alpha value is -2.21. The third-order valence-electron chi connectivity index (χ3n) is 5.12. The second-order valence-electron chi connectivity index (χ2n) is 6.95. The molecule has 1 N–H and O–H groups in total. The summed E-state index contributed by atoms with van der Waals surface area (Å²) in [6, 6.07) is 7.47. The maximum Gasteiger partial charge on any atom is 0.338 e. The van der Waals surface area contributed by atoms with Crippen molar-refractivity contribution in [2.75, 3.05) is 25.2 Å². The second kappa shape index (κ2) is 8.65. The number of esters is 1. The van der Waals surface area contributed by atoms with Gasteiger partial charge in [-0.1, -0.05) is 36.9 Å². The van der Waals surface area contributed by atoms with Crippen molar-refractivity contribution >= 4 is 29.2 Å². The number of benzene rings is 1. The summed E-state index contributed by atoms with van der Waals surface area (Å²) in [6.45, 7) is 2.34. The van der Waals surface area contributed by atoms with Gasteiger partial charge in [0.15, 0.2) is 0 Å². The average Bonchev–Trinajstić information content (AvgIpc) is 2.99. The molecule has 3 rings (SSSR count). The van der Waals surface area contributed by atoms with Gasteiger partial charge in [-0.2, -0.15) is 0 Å². The highest BCUT2D eigenvalue weighted by atomic mass is 35.5. The fourth-order valence-electron chi connectivity index (χ4n) is 3.70. The summed E-state index contributed by atoms with van der Waals surface area (Å²) in [7, 11) is 1.79. The lowest BCUT2D eigenvalue weighted by atomic mass is 9.94. The minimum Gasteiger partial charge on any atom is -0.463 e. The van der Waals surface area contributed by atoms with Crippen LogP contribution < -0.4 is 10.4 Å². The number of nitrogens with zero attached hydrogens (tertiary/aromatic N) is 2. The van der Waals surface area contributed by atoms with E-state index in [0.717, 1.165) is 31.4 Å². The number of nitrogens with one attached hydrogen (secondary N) is 1. The molecule has 1 heterocycles.